The van der Waals surface area contributed by atoms with E-state index in [2.05, 4.69) is 44.2 Å². The fourth-order valence-electron chi connectivity index (χ4n) is 5.94. The molecule has 0 aromatic rings. The molecule has 0 saturated carbocycles. The number of hydrogen-bond acceptors (Lipinski definition) is 9. The summed E-state index contributed by atoms with van der Waals surface area (Å²) in [5, 5.41) is 9.81. The smallest absolute Gasteiger partial charge is 0.462 e. The molecule has 4 N–H and O–H groups in total. The molecule has 0 aliphatic carbocycles. The van der Waals surface area contributed by atoms with Crippen molar-refractivity contribution in [2.45, 2.75) is 199 Å². The molecule has 0 heterocycles. The molecule has 10 nitrogen and oxygen atoms in total. The highest BCUT2D eigenvalue weighted by Crippen LogP contribution is 2.43. The molecule has 0 rings (SSSR count). The van der Waals surface area contributed by atoms with Gasteiger partial charge in [-0.05, 0) is 44.9 Å². The topological polar surface area (TPSA) is 155 Å². The molecule has 1 unspecified atom stereocenters. The zero-order chi connectivity index (χ0) is 41.2. The van der Waals surface area contributed by atoms with E-state index in [0.29, 0.717) is 19.3 Å². The molecule has 326 valence electrons. The molecule has 56 heavy (non-hydrogen) atoms. The molecule has 0 bridgehead atoms. The van der Waals surface area contributed by atoms with Crippen molar-refractivity contribution in [3.63, 3.8) is 0 Å². The number of ether oxygens (including phenoxy) is 2. The lowest BCUT2D eigenvalue weighted by atomic mass is 10.0. The lowest BCUT2D eigenvalue weighted by Crippen LogP contribution is -2.29. The summed E-state index contributed by atoms with van der Waals surface area (Å²) in [6.07, 6.45) is 43.4. The Hall–Kier alpha value is -2.07. The number of phosphoric acid groups is 1. The number of aliphatic hydroxyl groups is 1. The SMILES string of the molecule is CCCCCCCCCCCCCCCCCCCC(=O)O[C@H](COC(=O)CCC/C=C\C/C=C\C/C=C\C/C=C\[C@@H](O)CCCC)COP(=O)(O)OCCN. The zero-order valence-electron chi connectivity index (χ0n) is 35.5. The van der Waals surface area contributed by atoms with E-state index >= 15 is 0 Å². The summed E-state index contributed by atoms with van der Waals surface area (Å²) in [6, 6.07) is 0. The largest absolute Gasteiger partial charge is 0.472 e. The Morgan fingerprint density at radius 2 is 1.09 bits per heavy atom. The molecule has 0 aromatic heterocycles. The van der Waals surface area contributed by atoms with Gasteiger partial charge in [-0.15, -0.1) is 0 Å². The molecule has 0 spiro atoms. The van der Waals surface area contributed by atoms with Crippen LogP contribution < -0.4 is 5.73 Å². The third kappa shape index (κ3) is 40.1. The highest BCUT2D eigenvalue weighted by atomic mass is 31.2. The monoisotopic (exact) mass is 812 g/mol. The standard InChI is InChI=1S/C45H82NO9P/c1-3-5-7-8-9-10-11-12-13-14-15-16-21-24-27-30-33-37-45(49)55-43(41-54-56(50,51)53-39-38-46)40-52-44(48)36-32-29-26-23-20-18-17-19-22-25-28-31-35-42(47)34-6-4-2/h17-18,22-23,25-26,31,35,42-43,47H,3-16,19-21,24,27-30,32-34,36-41,46H2,1-2H3,(H,50,51)/b18-17-,25-22-,26-23-,35-31-/t42-,43+/m0/s1. The maximum absolute atomic E-state index is 12.6. The average Bonchev–Trinajstić information content (AvgIpc) is 3.18. The normalized spacial score (nSPS) is 14.3. The van der Waals surface area contributed by atoms with E-state index in [0.717, 1.165) is 57.8 Å². The first kappa shape index (κ1) is 53.9. The number of phosphoric ester groups is 1. The summed E-state index contributed by atoms with van der Waals surface area (Å²) < 4.78 is 32.7. The van der Waals surface area contributed by atoms with E-state index in [-0.39, 0.29) is 38.7 Å². The molecule has 0 radical (unpaired) electrons. The fourth-order valence-corrected chi connectivity index (χ4v) is 6.71. The van der Waals surface area contributed by atoms with Crippen LogP contribution in [-0.2, 0) is 32.7 Å². The number of aliphatic hydroxyl groups excluding tert-OH is 1. The van der Waals surface area contributed by atoms with Crippen molar-refractivity contribution in [2.24, 2.45) is 5.73 Å². The Morgan fingerprint density at radius 3 is 1.62 bits per heavy atom. The zero-order valence-corrected chi connectivity index (χ0v) is 36.4. The van der Waals surface area contributed by atoms with Crippen molar-refractivity contribution in [3.05, 3.63) is 48.6 Å². The van der Waals surface area contributed by atoms with Crippen molar-refractivity contribution < 1.29 is 42.7 Å². The number of unbranched alkanes of at least 4 members (excludes halogenated alkanes) is 18. The first-order valence-electron chi connectivity index (χ1n) is 22.2. The van der Waals surface area contributed by atoms with Gasteiger partial charge in [-0.25, -0.2) is 4.57 Å². The molecular weight excluding hydrogens is 729 g/mol. The molecule has 0 aliphatic heterocycles. The van der Waals surface area contributed by atoms with Crippen molar-refractivity contribution >= 4 is 19.8 Å². The minimum atomic E-state index is -4.40. The number of carbonyl (C=O) groups is 2. The minimum Gasteiger partial charge on any atom is -0.462 e. The number of nitrogens with two attached hydrogens (primary N) is 1. The van der Waals surface area contributed by atoms with Crippen LogP contribution in [0.15, 0.2) is 48.6 Å². The number of esters is 2. The van der Waals surface area contributed by atoms with Crippen LogP contribution in [0.4, 0.5) is 0 Å². The van der Waals surface area contributed by atoms with Gasteiger partial charge in [-0.3, -0.25) is 18.6 Å². The van der Waals surface area contributed by atoms with Crippen LogP contribution in [-0.4, -0.2) is 60.5 Å². The van der Waals surface area contributed by atoms with Crippen molar-refractivity contribution in [2.75, 3.05) is 26.4 Å². The minimum absolute atomic E-state index is 0.0396. The van der Waals surface area contributed by atoms with E-state index in [1.165, 1.54) is 83.5 Å². The lowest BCUT2D eigenvalue weighted by Gasteiger charge is -2.19. The molecular formula is C45H82NO9P. The molecule has 0 aliphatic rings. The summed E-state index contributed by atoms with van der Waals surface area (Å²) in [6.45, 7) is 3.51. The highest BCUT2D eigenvalue weighted by molar-refractivity contribution is 7.47. The van der Waals surface area contributed by atoms with Gasteiger partial charge in [0.1, 0.15) is 6.61 Å². The van der Waals surface area contributed by atoms with Crippen LogP contribution in [0.1, 0.15) is 187 Å². The van der Waals surface area contributed by atoms with Gasteiger partial charge in [-0.1, -0.05) is 178 Å². The predicted molar refractivity (Wildman–Crippen MR) is 230 cm³/mol. The Balaban J connectivity index is 4.24. The van der Waals surface area contributed by atoms with Crippen LogP contribution in [0.3, 0.4) is 0 Å². The summed E-state index contributed by atoms with van der Waals surface area (Å²) in [5.41, 5.74) is 5.34. The average molecular weight is 812 g/mol. The third-order valence-electron chi connectivity index (χ3n) is 9.29. The summed E-state index contributed by atoms with van der Waals surface area (Å²) >= 11 is 0. The second-order valence-corrected chi connectivity index (χ2v) is 16.2. The van der Waals surface area contributed by atoms with Crippen LogP contribution in [0.2, 0.25) is 0 Å². The molecule has 11 heteroatoms. The van der Waals surface area contributed by atoms with Gasteiger partial charge < -0.3 is 25.2 Å². The first-order valence-corrected chi connectivity index (χ1v) is 23.7. The van der Waals surface area contributed by atoms with Crippen LogP contribution in [0, 0.1) is 0 Å². The summed E-state index contributed by atoms with van der Waals surface area (Å²) in [5.74, 6) is -0.913. The van der Waals surface area contributed by atoms with Crippen LogP contribution in [0.25, 0.3) is 0 Å². The quantitative estimate of drug-likeness (QED) is 0.0235. The maximum Gasteiger partial charge on any atom is 0.472 e. The predicted octanol–water partition coefficient (Wildman–Crippen LogP) is 11.7. The van der Waals surface area contributed by atoms with Crippen molar-refractivity contribution in [1.82, 2.24) is 0 Å². The number of allylic oxidation sites excluding steroid dienone is 7. The van der Waals surface area contributed by atoms with Crippen LogP contribution in [0.5, 0.6) is 0 Å². The van der Waals surface area contributed by atoms with Crippen molar-refractivity contribution in [1.29, 1.82) is 0 Å². The third-order valence-corrected chi connectivity index (χ3v) is 10.3. The highest BCUT2D eigenvalue weighted by Gasteiger charge is 2.26. The van der Waals surface area contributed by atoms with Gasteiger partial charge in [-0.2, -0.15) is 0 Å². The Labute approximate surface area is 341 Å². The Bertz CT molecular complexity index is 1080. The van der Waals surface area contributed by atoms with E-state index in [1.807, 2.05) is 18.2 Å². The number of carbonyl (C=O) groups excluding carboxylic acids is 2. The molecule has 0 aromatic carbocycles. The van der Waals surface area contributed by atoms with Gasteiger partial charge >= 0.3 is 19.8 Å². The Morgan fingerprint density at radius 1 is 0.607 bits per heavy atom. The van der Waals surface area contributed by atoms with Gasteiger partial charge in [0, 0.05) is 19.4 Å². The molecule has 0 amide bonds. The van der Waals surface area contributed by atoms with Gasteiger partial charge in [0.05, 0.1) is 19.3 Å². The van der Waals surface area contributed by atoms with E-state index < -0.39 is 32.5 Å². The van der Waals surface area contributed by atoms with Gasteiger partial charge in [0.2, 0.25) is 0 Å². The second-order valence-electron chi connectivity index (χ2n) is 14.7. The molecule has 3 atom stereocenters. The van der Waals surface area contributed by atoms with E-state index in [9.17, 15) is 24.2 Å². The maximum atomic E-state index is 12.6. The van der Waals surface area contributed by atoms with Crippen LogP contribution >= 0.6 is 7.82 Å². The number of hydrogen-bond donors (Lipinski definition) is 3. The van der Waals surface area contributed by atoms with Crippen molar-refractivity contribution in [3.8, 4) is 0 Å². The summed E-state index contributed by atoms with van der Waals surface area (Å²) in [4.78, 5) is 34.9. The fraction of sp³-hybridized carbons (Fsp3) is 0.778. The second kappa shape index (κ2) is 41.1. The van der Waals surface area contributed by atoms with E-state index in [1.54, 1.807) is 0 Å². The van der Waals surface area contributed by atoms with Gasteiger partial charge in [0.25, 0.3) is 0 Å². The number of rotatable bonds is 41. The molecule has 0 saturated heterocycles. The summed E-state index contributed by atoms with van der Waals surface area (Å²) in [7, 11) is -4.40. The lowest BCUT2D eigenvalue weighted by molar-refractivity contribution is -0.161. The van der Waals surface area contributed by atoms with E-state index in [4.69, 9.17) is 24.3 Å². The Kier molecular flexibility index (Phi) is 39.6. The van der Waals surface area contributed by atoms with Gasteiger partial charge in [0.15, 0.2) is 6.10 Å². The molecule has 0 fully saturated rings. The first-order chi connectivity index (χ1) is 27.2.